The van der Waals surface area contributed by atoms with Gasteiger partial charge in [-0.1, -0.05) is 28.1 Å². The third-order valence-corrected chi connectivity index (χ3v) is 4.88. The molecule has 3 nitrogen and oxygen atoms in total. The Morgan fingerprint density at radius 1 is 1.25 bits per heavy atom. The van der Waals surface area contributed by atoms with Crippen molar-refractivity contribution in [3.63, 3.8) is 0 Å². The lowest BCUT2D eigenvalue weighted by Gasteiger charge is -2.19. The van der Waals surface area contributed by atoms with E-state index >= 15 is 0 Å². The number of rotatable bonds is 3. The van der Waals surface area contributed by atoms with Crippen LogP contribution in [0.3, 0.4) is 0 Å². The molecule has 0 saturated heterocycles. The molecule has 104 valence electrons. The number of ether oxygens (including phenoxy) is 1. The number of nitrogens with one attached hydrogen (secondary N) is 1. The van der Waals surface area contributed by atoms with Gasteiger partial charge in [0, 0.05) is 14.5 Å². The van der Waals surface area contributed by atoms with Crippen LogP contribution >= 0.6 is 38.5 Å². The molecule has 0 bridgehead atoms. The van der Waals surface area contributed by atoms with E-state index in [4.69, 9.17) is 10.6 Å². The predicted octanol–water partition coefficient (Wildman–Crippen LogP) is 3.54. The lowest BCUT2D eigenvalue weighted by molar-refractivity contribution is 0.357. The molecule has 1 aliphatic rings. The van der Waals surface area contributed by atoms with E-state index in [1.165, 1.54) is 9.13 Å². The van der Waals surface area contributed by atoms with Crippen molar-refractivity contribution in [2.75, 3.05) is 6.61 Å². The fourth-order valence-electron chi connectivity index (χ4n) is 2.49. The van der Waals surface area contributed by atoms with Crippen LogP contribution in [-0.2, 0) is 6.42 Å². The first kappa shape index (κ1) is 14.3. The number of nitrogens with two attached hydrogens (primary N) is 1. The summed E-state index contributed by atoms with van der Waals surface area (Å²) in [6.07, 6.45) is 0.966. The first-order valence-electron chi connectivity index (χ1n) is 6.36. The van der Waals surface area contributed by atoms with Gasteiger partial charge in [-0.3, -0.25) is 5.84 Å². The highest BCUT2D eigenvalue weighted by molar-refractivity contribution is 14.1. The van der Waals surface area contributed by atoms with Crippen molar-refractivity contribution >= 4 is 38.5 Å². The topological polar surface area (TPSA) is 47.3 Å². The summed E-state index contributed by atoms with van der Waals surface area (Å²) >= 11 is 5.92. The van der Waals surface area contributed by atoms with E-state index in [1.54, 1.807) is 0 Å². The zero-order chi connectivity index (χ0) is 14.1. The zero-order valence-corrected chi connectivity index (χ0v) is 14.4. The van der Waals surface area contributed by atoms with Gasteiger partial charge in [-0.25, -0.2) is 5.43 Å². The molecule has 3 rings (SSSR count). The maximum Gasteiger partial charge on any atom is 0.122 e. The molecule has 0 radical (unpaired) electrons. The monoisotopic (exact) mass is 444 g/mol. The molecule has 0 spiro atoms. The van der Waals surface area contributed by atoms with Gasteiger partial charge in [0.1, 0.15) is 5.75 Å². The summed E-state index contributed by atoms with van der Waals surface area (Å²) in [5, 5.41) is 0. The van der Waals surface area contributed by atoms with E-state index in [0.29, 0.717) is 0 Å². The second-order valence-electron chi connectivity index (χ2n) is 4.73. The molecule has 2 aromatic rings. The van der Waals surface area contributed by atoms with Gasteiger partial charge >= 0.3 is 0 Å². The van der Waals surface area contributed by atoms with Gasteiger partial charge in [0.05, 0.1) is 12.6 Å². The van der Waals surface area contributed by atoms with Gasteiger partial charge < -0.3 is 4.74 Å². The molecule has 1 atom stereocenters. The molecular weight excluding hydrogens is 431 g/mol. The van der Waals surface area contributed by atoms with Crippen LogP contribution in [0.5, 0.6) is 5.75 Å². The van der Waals surface area contributed by atoms with Crippen molar-refractivity contribution in [3.8, 4) is 5.75 Å². The van der Waals surface area contributed by atoms with Crippen molar-refractivity contribution < 1.29 is 4.74 Å². The number of fused-ring (bicyclic) bond motifs is 1. The third-order valence-electron chi connectivity index (χ3n) is 3.48. The molecule has 0 fully saturated rings. The highest BCUT2D eigenvalue weighted by Crippen LogP contribution is 2.33. The van der Waals surface area contributed by atoms with Crippen LogP contribution in [-0.4, -0.2) is 6.61 Å². The van der Waals surface area contributed by atoms with E-state index in [9.17, 15) is 0 Å². The highest BCUT2D eigenvalue weighted by atomic mass is 127. The zero-order valence-electron chi connectivity index (χ0n) is 10.7. The predicted molar refractivity (Wildman–Crippen MR) is 91.7 cm³/mol. The quantitative estimate of drug-likeness (QED) is 0.432. The van der Waals surface area contributed by atoms with Crippen LogP contribution < -0.4 is 16.0 Å². The SMILES string of the molecule is NNC(c1ccc2c(c1)CCO2)c1cc(I)ccc1Br. The second-order valence-corrected chi connectivity index (χ2v) is 6.83. The number of hydrogen-bond acceptors (Lipinski definition) is 3. The van der Waals surface area contributed by atoms with Crippen molar-refractivity contribution in [1.82, 2.24) is 5.43 Å². The smallest absolute Gasteiger partial charge is 0.122 e. The molecule has 1 heterocycles. The normalized spacial score (nSPS) is 14.8. The Hall–Kier alpha value is -0.630. The fraction of sp³-hybridized carbons (Fsp3) is 0.200. The molecule has 1 unspecified atom stereocenters. The third kappa shape index (κ3) is 2.72. The summed E-state index contributed by atoms with van der Waals surface area (Å²) < 4.78 is 7.79. The molecule has 0 saturated carbocycles. The lowest BCUT2D eigenvalue weighted by atomic mass is 9.97. The van der Waals surface area contributed by atoms with Crippen LogP contribution in [0.2, 0.25) is 0 Å². The van der Waals surface area contributed by atoms with E-state index in [1.807, 2.05) is 6.07 Å². The summed E-state index contributed by atoms with van der Waals surface area (Å²) in [6.45, 7) is 0.770. The number of hydrogen-bond donors (Lipinski definition) is 2. The van der Waals surface area contributed by atoms with Crippen molar-refractivity contribution in [2.24, 2.45) is 5.84 Å². The molecular formula is C15H14BrIN2O. The summed E-state index contributed by atoms with van der Waals surface area (Å²) in [5.74, 6) is 6.79. The minimum Gasteiger partial charge on any atom is -0.493 e. The van der Waals surface area contributed by atoms with Gasteiger partial charge in [-0.15, -0.1) is 0 Å². The van der Waals surface area contributed by atoms with Gasteiger partial charge in [-0.2, -0.15) is 0 Å². The van der Waals surface area contributed by atoms with Gasteiger partial charge in [0.15, 0.2) is 0 Å². The Morgan fingerprint density at radius 2 is 2.10 bits per heavy atom. The minimum atomic E-state index is -0.0370. The van der Waals surface area contributed by atoms with Crippen LogP contribution in [0.15, 0.2) is 40.9 Å². The number of hydrazine groups is 1. The molecule has 0 aliphatic carbocycles. The maximum atomic E-state index is 5.80. The largest absolute Gasteiger partial charge is 0.493 e. The molecule has 20 heavy (non-hydrogen) atoms. The molecule has 1 aliphatic heterocycles. The van der Waals surface area contributed by atoms with E-state index in [0.717, 1.165) is 34.4 Å². The van der Waals surface area contributed by atoms with Crippen molar-refractivity contribution in [1.29, 1.82) is 0 Å². The van der Waals surface area contributed by atoms with Gasteiger partial charge in [0.25, 0.3) is 0 Å². The Kier molecular flexibility index (Phi) is 4.30. The standard InChI is InChI=1S/C15H14BrIN2O/c16-13-3-2-11(17)8-12(13)15(19-18)10-1-4-14-9(7-10)5-6-20-14/h1-4,7-8,15,19H,5-6,18H2. The number of halogens is 2. The Balaban J connectivity index is 2.03. The van der Waals surface area contributed by atoms with E-state index in [2.05, 4.69) is 74.3 Å². The second kappa shape index (κ2) is 6.01. The van der Waals surface area contributed by atoms with Crippen molar-refractivity contribution in [3.05, 3.63) is 61.1 Å². The van der Waals surface area contributed by atoms with Gasteiger partial charge in [-0.05, 0) is 63.5 Å². The lowest BCUT2D eigenvalue weighted by Crippen LogP contribution is -2.29. The molecule has 3 N–H and O–H groups in total. The molecule has 5 heteroatoms. The van der Waals surface area contributed by atoms with Crippen LogP contribution in [0.4, 0.5) is 0 Å². The van der Waals surface area contributed by atoms with E-state index < -0.39 is 0 Å². The summed E-state index contributed by atoms with van der Waals surface area (Å²) in [7, 11) is 0. The number of benzene rings is 2. The minimum absolute atomic E-state index is 0.0370. The van der Waals surface area contributed by atoms with Crippen LogP contribution in [0.25, 0.3) is 0 Å². The molecule has 0 aromatic heterocycles. The van der Waals surface area contributed by atoms with E-state index in [-0.39, 0.29) is 6.04 Å². The Morgan fingerprint density at radius 3 is 2.90 bits per heavy atom. The van der Waals surface area contributed by atoms with Crippen LogP contribution in [0.1, 0.15) is 22.7 Å². The van der Waals surface area contributed by atoms with Crippen molar-refractivity contribution in [2.45, 2.75) is 12.5 Å². The first-order valence-corrected chi connectivity index (χ1v) is 8.23. The summed E-state index contributed by atoms with van der Waals surface area (Å²) in [4.78, 5) is 0. The molecule has 2 aromatic carbocycles. The fourth-order valence-corrected chi connectivity index (χ4v) is 3.48. The summed E-state index contributed by atoms with van der Waals surface area (Å²) in [5.41, 5.74) is 6.46. The molecule has 0 amide bonds. The average Bonchev–Trinajstić information content (AvgIpc) is 2.91. The van der Waals surface area contributed by atoms with Crippen LogP contribution in [0, 0.1) is 3.57 Å². The Labute approximate surface area is 140 Å². The maximum absolute atomic E-state index is 5.80. The van der Waals surface area contributed by atoms with Gasteiger partial charge in [0.2, 0.25) is 0 Å². The average molecular weight is 445 g/mol. The summed E-state index contributed by atoms with van der Waals surface area (Å²) in [6, 6.07) is 12.5. The Bertz CT molecular complexity index is 648. The highest BCUT2D eigenvalue weighted by Gasteiger charge is 2.19. The first-order chi connectivity index (χ1) is 9.69.